The van der Waals surface area contributed by atoms with Crippen LogP contribution < -0.4 is 0 Å². The molecule has 4 heteroatoms. The molecule has 4 nitrogen and oxygen atoms in total. The van der Waals surface area contributed by atoms with Gasteiger partial charge in [-0.05, 0) is 18.9 Å². The second-order valence-electron chi connectivity index (χ2n) is 6.23. The van der Waals surface area contributed by atoms with E-state index >= 15 is 0 Å². The van der Waals surface area contributed by atoms with Gasteiger partial charge in [0.25, 0.3) is 0 Å². The standard InChI is InChI=1S/C17H24N4/c1-14(2)8-10-20-11-9-16-18-19-17(21(16)13-12-20)15-6-4-3-5-7-15/h3-7,14H,8-13H2,1-2H3. The zero-order chi connectivity index (χ0) is 14.7. The largest absolute Gasteiger partial charge is 0.310 e. The van der Waals surface area contributed by atoms with Crippen molar-refractivity contribution in [1.82, 2.24) is 19.7 Å². The van der Waals surface area contributed by atoms with Crippen LogP contribution in [-0.2, 0) is 13.0 Å². The highest BCUT2D eigenvalue weighted by molar-refractivity contribution is 5.55. The molecule has 0 unspecified atom stereocenters. The molecular weight excluding hydrogens is 260 g/mol. The SMILES string of the molecule is CC(C)CCN1CCc2nnc(-c3ccccc3)n2CC1. The van der Waals surface area contributed by atoms with Gasteiger partial charge in [-0.15, -0.1) is 10.2 Å². The lowest BCUT2D eigenvalue weighted by molar-refractivity contribution is 0.263. The second kappa shape index (κ2) is 6.39. The molecule has 21 heavy (non-hydrogen) atoms. The van der Waals surface area contributed by atoms with Gasteiger partial charge in [-0.25, -0.2) is 0 Å². The van der Waals surface area contributed by atoms with E-state index in [-0.39, 0.29) is 0 Å². The fraction of sp³-hybridized carbons (Fsp3) is 0.529. The van der Waals surface area contributed by atoms with Crippen LogP contribution in [0.15, 0.2) is 30.3 Å². The van der Waals surface area contributed by atoms with E-state index in [4.69, 9.17) is 0 Å². The van der Waals surface area contributed by atoms with Crippen LogP contribution >= 0.6 is 0 Å². The summed E-state index contributed by atoms with van der Waals surface area (Å²) in [5.74, 6) is 2.91. The fourth-order valence-electron chi connectivity index (χ4n) is 2.83. The van der Waals surface area contributed by atoms with Gasteiger partial charge in [0.05, 0.1) is 0 Å². The van der Waals surface area contributed by atoms with E-state index in [9.17, 15) is 0 Å². The average Bonchev–Trinajstić information content (AvgIpc) is 2.79. The van der Waals surface area contributed by atoms with Gasteiger partial charge in [0, 0.05) is 31.6 Å². The van der Waals surface area contributed by atoms with E-state index < -0.39 is 0 Å². The fourth-order valence-corrected chi connectivity index (χ4v) is 2.83. The number of hydrogen-bond acceptors (Lipinski definition) is 3. The van der Waals surface area contributed by atoms with Gasteiger partial charge in [-0.2, -0.15) is 0 Å². The summed E-state index contributed by atoms with van der Waals surface area (Å²) in [6, 6.07) is 10.4. The second-order valence-corrected chi connectivity index (χ2v) is 6.23. The predicted molar refractivity (Wildman–Crippen MR) is 85.1 cm³/mol. The first kappa shape index (κ1) is 14.3. The molecule has 1 aromatic carbocycles. The molecule has 3 rings (SSSR count). The van der Waals surface area contributed by atoms with Crippen molar-refractivity contribution in [2.45, 2.75) is 33.2 Å². The van der Waals surface area contributed by atoms with Gasteiger partial charge in [-0.3, -0.25) is 0 Å². The Morgan fingerprint density at radius 2 is 1.86 bits per heavy atom. The van der Waals surface area contributed by atoms with E-state index in [0.717, 1.165) is 49.2 Å². The third-order valence-corrected chi connectivity index (χ3v) is 4.17. The Bertz CT molecular complexity index is 574. The summed E-state index contributed by atoms with van der Waals surface area (Å²) >= 11 is 0. The maximum absolute atomic E-state index is 4.41. The molecule has 0 N–H and O–H groups in total. The number of nitrogens with zero attached hydrogens (tertiary/aromatic N) is 4. The molecule has 0 radical (unpaired) electrons. The highest BCUT2D eigenvalue weighted by atomic mass is 15.3. The Labute approximate surface area is 126 Å². The quantitative estimate of drug-likeness (QED) is 0.865. The molecule has 0 amide bonds. The lowest BCUT2D eigenvalue weighted by Crippen LogP contribution is -2.28. The Balaban J connectivity index is 1.74. The van der Waals surface area contributed by atoms with Crippen LogP contribution in [0.25, 0.3) is 11.4 Å². The molecule has 1 aliphatic rings. The smallest absolute Gasteiger partial charge is 0.164 e. The number of fused-ring (bicyclic) bond motifs is 1. The van der Waals surface area contributed by atoms with Crippen molar-refractivity contribution in [3.8, 4) is 11.4 Å². The van der Waals surface area contributed by atoms with Crippen LogP contribution in [0.5, 0.6) is 0 Å². The minimum atomic E-state index is 0.770. The summed E-state index contributed by atoms with van der Waals surface area (Å²) in [5.41, 5.74) is 1.16. The van der Waals surface area contributed by atoms with Crippen LogP contribution in [0.1, 0.15) is 26.1 Å². The Kier molecular flexibility index (Phi) is 4.34. The summed E-state index contributed by atoms with van der Waals surface area (Å²) in [4.78, 5) is 2.56. The third-order valence-electron chi connectivity index (χ3n) is 4.17. The summed E-state index contributed by atoms with van der Waals surface area (Å²) in [5, 5.41) is 8.81. The van der Waals surface area contributed by atoms with Gasteiger partial charge in [0.2, 0.25) is 0 Å². The Morgan fingerprint density at radius 1 is 1.05 bits per heavy atom. The van der Waals surface area contributed by atoms with Crippen molar-refractivity contribution >= 4 is 0 Å². The van der Waals surface area contributed by atoms with Gasteiger partial charge < -0.3 is 9.47 Å². The van der Waals surface area contributed by atoms with E-state index in [1.54, 1.807) is 0 Å². The zero-order valence-electron chi connectivity index (χ0n) is 13.0. The minimum absolute atomic E-state index is 0.770. The van der Waals surface area contributed by atoms with E-state index in [0.29, 0.717) is 0 Å². The van der Waals surface area contributed by atoms with E-state index in [1.807, 2.05) is 6.07 Å². The van der Waals surface area contributed by atoms with Gasteiger partial charge in [0.15, 0.2) is 5.82 Å². The molecule has 0 atom stereocenters. The lowest BCUT2D eigenvalue weighted by atomic mass is 10.1. The van der Waals surface area contributed by atoms with Gasteiger partial charge in [-0.1, -0.05) is 44.2 Å². The maximum Gasteiger partial charge on any atom is 0.164 e. The molecule has 2 aromatic rings. The third kappa shape index (κ3) is 3.32. The number of hydrogen-bond donors (Lipinski definition) is 0. The minimum Gasteiger partial charge on any atom is -0.310 e. The normalized spacial score (nSPS) is 16.0. The molecule has 0 saturated carbocycles. The van der Waals surface area contributed by atoms with Crippen molar-refractivity contribution in [1.29, 1.82) is 0 Å². The summed E-state index contributed by atoms with van der Waals surface area (Å²) < 4.78 is 2.30. The van der Waals surface area contributed by atoms with Crippen LogP contribution in [0.3, 0.4) is 0 Å². The summed E-state index contributed by atoms with van der Waals surface area (Å²) in [6.07, 6.45) is 2.27. The van der Waals surface area contributed by atoms with Crippen LogP contribution in [0.4, 0.5) is 0 Å². The molecule has 1 aliphatic heterocycles. The monoisotopic (exact) mass is 284 g/mol. The summed E-state index contributed by atoms with van der Waals surface area (Å²) in [6.45, 7) is 8.96. The van der Waals surface area contributed by atoms with E-state index in [1.165, 1.54) is 13.0 Å². The molecular formula is C17H24N4. The lowest BCUT2D eigenvalue weighted by Gasteiger charge is -2.20. The van der Waals surface area contributed by atoms with Crippen LogP contribution in [0, 0.1) is 5.92 Å². The molecule has 0 saturated heterocycles. The predicted octanol–water partition coefficient (Wildman–Crippen LogP) is 2.85. The molecule has 0 bridgehead atoms. The van der Waals surface area contributed by atoms with Crippen LogP contribution in [-0.4, -0.2) is 39.3 Å². The molecule has 2 heterocycles. The molecule has 0 spiro atoms. The molecule has 0 aliphatic carbocycles. The number of aromatic nitrogens is 3. The van der Waals surface area contributed by atoms with Gasteiger partial charge in [0.1, 0.15) is 5.82 Å². The van der Waals surface area contributed by atoms with E-state index in [2.05, 4.69) is 57.8 Å². The van der Waals surface area contributed by atoms with Crippen molar-refractivity contribution < 1.29 is 0 Å². The van der Waals surface area contributed by atoms with Crippen molar-refractivity contribution in [3.05, 3.63) is 36.2 Å². The summed E-state index contributed by atoms with van der Waals surface area (Å²) in [7, 11) is 0. The highest BCUT2D eigenvalue weighted by Crippen LogP contribution is 2.20. The maximum atomic E-state index is 4.41. The zero-order valence-corrected chi connectivity index (χ0v) is 13.0. The Morgan fingerprint density at radius 3 is 2.62 bits per heavy atom. The first-order chi connectivity index (χ1) is 10.2. The molecule has 0 fully saturated rings. The number of benzene rings is 1. The topological polar surface area (TPSA) is 34.0 Å². The first-order valence-electron chi connectivity index (χ1n) is 7.94. The highest BCUT2D eigenvalue weighted by Gasteiger charge is 2.19. The average molecular weight is 284 g/mol. The molecule has 1 aromatic heterocycles. The van der Waals surface area contributed by atoms with Crippen LogP contribution in [0.2, 0.25) is 0 Å². The first-order valence-corrected chi connectivity index (χ1v) is 7.94. The van der Waals surface area contributed by atoms with Crippen molar-refractivity contribution in [2.24, 2.45) is 5.92 Å². The van der Waals surface area contributed by atoms with Crippen molar-refractivity contribution in [2.75, 3.05) is 19.6 Å². The molecule has 112 valence electrons. The Hall–Kier alpha value is -1.68. The van der Waals surface area contributed by atoms with Gasteiger partial charge >= 0.3 is 0 Å². The van der Waals surface area contributed by atoms with Crippen molar-refractivity contribution in [3.63, 3.8) is 0 Å². The number of rotatable bonds is 4.